The predicted octanol–water partition coefficient (Wildman–Crippen LogP) is 0.215. The zero-order chi connectivity index (χ0) is 8.10. The van der Waals surface area contributed by atoms with E-state index in [4.69, 9.17) is 5.11 Å². The van der Waals surface area contributed by atoms with Gasteiger partial charge in [0.15, 0.2) is 0 Å². The average Bonchev–Trinajstić information content (AvgIpc) is 2.07. The minimum absolute atomic E-state index is 0.351. The van der Waals surface area contributed by atoms with E-state index >= 15 is 0 Å². The van der Waals surface area contributed by atoms with Gasteiger partial charge in [-0.25, -0.2) is 5.01 Å². The molecular formula is C8H18N2O. The van der Waals surface area contributed by atoms with E-state index < -0.39 is 0 Å². The molecule has 0 aromatic rings. The maximum absolute atomic E-state index is 8.71. The third-order valence-electron chi connectivity index (χ3n) is 2.47. The van der Waals surface area contributed by atoms with Crippen molar-refractivity contribution >= 4 is 0 Å². The molecule has 3 nitrogen and oxygen atoms in total. The van der Waals surface area contributed by atoms with Crippen molar-refractivity contribution in [2.75, 3.05) is 26.7 Å². The first-order valence-electron chi connectivity index (χ1n) is 4.40. The fourth-order valence-corrected chi connectivity index (χ4v) is 1.63. The molecule has 1 fully saturated rings. The topological polar surface area (TPSA) is 35.5 Å². The molecule has 0 aliphatic carbocycles. The quantitative estimate of drug-likeness (QED) is 0.616. The van der Waals surface area contributed by atoms with E-state index in [1.807, 2.05) is 7.05 Å². The van der Waals surface area contributed by atoms with Gasteiger partial charge in [-0.1, -0.05) is 0 Å². The fraction of sp³-hybridized carbons (Fsp3) is 1.00. The standard InChI is InChI=1S/C8H18N2O/c1-9-10-5-2-8(3-6-10)4-7-11/h8-9,11H,2-7H2,1H3. The summed E-state index contributed by atoms with van der Waals surface area (Å²) in [6, 6.07) is 0. The molecule has 1 rings (SSSR count). The molecule has 11 heavy (non-hydrogen) atoms. The molecule has 0 spiro atoms. The number of piperidine rings is 1. The molecule has 0 bridgehead atoms. The molecule has 66 valence electrons. The summed E-state index contributed by atoms with van der Waals surface area (Å²) in [5, 5.41) is 10.9. The molecule has 0 atom stereocenters. The summed E-state index contributed by atoms with van der Waals surface area (Å²) in [7, 11) is 1.96. The van der Waals surface area contributed by atoms with Crippen LogP contribution in [0.15, 0.2) is 0 Å². The van der Waals surface area contributed by atoms with Gasteiger partial charge in [-0.3, -0.25) is 5.43 Å². The van der Waals surface area contributed by atoms with Gasteiger partial charge in [0.1, 0.15) is 0 Å². The van der Waals surface area contributed by atoms with Crippen molar-refractivity contribution in [1.29, 1.82) is 0 Å². The number of hydrogen-bond donors (Lipinski definition) is 2. The van der Waals surface area contributed by atoms with Crippen LogP contribution >= 0.6 is 0 Å². The summed E-state index contributed by atoms with van der Waals surface area (Å²) in [5.74, 6) is 0.754. The normalized spacial score (nSPS) is 22.4. The highest BCUT2D eigenvalue weighted by molar-refractivity contribution is 4.68. The Balaban J connectivity index is 2.14. The molecule has 0 aromatic heterocycles. The summed E-state index contributed by atoms with van der Waals surface area (Å²) >= 11 is 0. The van der Waals surface area contributed by atoms with Gasteiger partial charge in [-0.2, -0.15) is 0 Å². The van der Waals surface area contributed by atoms with Crippen molar-refractivity contribution in [3.8, 4) is 0 Å². The van der Waals surface area contributed by atoms with Crippen LogP contribution in [0.5, 0.6) is 0 Å². The number of nitrogens with one attached hydrogen (secondary N) is 1. The summed E-state index contributed by atoms with van der Waals surface area (Å²) in [6.45, 7) is 2.60. The first kappa shape index (κ1) is 8.97. The first-order chi connectivity index (χ1) is 5.36. The second kappa shape index (κ2) is 4.70. The van der Waals surface area contributed by atoms with E-state index in [9.17, 15) is 0 Å². The molecule has 0 radical (unpaired) electrons. The lowest BCUT2D eigenvalue weighted by atomic mass is 9.95. The van der Waals surface area contributed by atoms with E-state index in [1.54, 1.807) is 0 Å². The van der Waals surface area contributed by atoms with Crippen LogP contribution in [0.2, 0.25) is 0 Å². The van der Waals surface area contributed by atoms with Gasteiger partial charge in [0.2, 0.25) is 0 Å². The molecule has 1 aliphatic rings. The minimum atomic E-state index is 0.351. The zero-order valence-corrected chi connectivity index (χ0v) is 7.21. The van der Waals surface area contributed by atoms with Crippen LogP contribution in [-0.4, -0.2) is 36.9 Å². The predicted molar refractivity (Wildman–Crippen MR) is 45.1 cm³/mol. The summed E-state index contributed by atoms with van der Waals surface area (Å²) < 4.78 is 0. The Kier molecular flexibility index (Phi) is 3.83. The lowest BCUT2D eigenvalue weighted by molar-refractivity contribution is 0.122. The number of aliphatic hydroxyl groups excluding tert-OH is 1. The van der Waals surface area contributed by atoms with Crippen LogP contribution in [0.4, 0.5) is 0 Å². The van der Waals surface area contributed by atoms with Crippen molar-refractivity contribution in [1.82, 2.24) is 10.4 Å². The van der Waals surface area contributed by atoms with Gasteiger partial charge in [0.25, 0.3) is 0 Å². The maximum atomic E-state index is 8.71. The number of aliphatic hydroxyl groups is 1. The van der Waals surface area contributed by atoms with E-state index in [2.05, 4.69) is 10.4 Å². The molecule has 0 unspecified atom stereocenters. The zero-order valence-electron chi connectivity index (χ0n) is 7.21. The molecule has 0 saturated carbocycles. The van der Waals surface area contributed by atoms with Crippen LogP contribution in [0.25, 0.3) is 0 Å². The number of nitrogens with zero attached hydrogens (tertiary/aromatic N) is 1. The Morgan fingerprint density at radius 3 is 2.55 bits per heavy atom. The van der Waals surface area contributed by atoms with Gasteiger partial charge in [-0.15, -0.1) is 0 Å². The second-order valence-corrected chi connectivity index (χ2v) is 3.17. The third-order valence-corrected chi connectivity index (χ3v) is 2.47. The van der Waals surface area contributed by atoms with E-state index in [0.717, 1.165) is 25.4 Å². The van der Waals surface area contributed by atoms with Crippen LogP contribution in [0.1, 0.15) is 19.3 Å². The van der Waals surface area contributed by atoms with Crippen molar-refractivity contribution in [2.45, 2.75) is 19.3 Å². The van der Waals surface area contributed by atoms with Gasteiger partial charge in [0.05, 0.1) is 0 Å². The van der Waals surface area contributed by atoms with E-state index in [0.29, 0.717) is 6.61 Å². The van der Waals surface area contributed by atoms with Gasteiger partial charge >= 0.3 is 0 Å². The van der Waals surface area contributed by atoms with Crippen molar-refractivity contribution < 1.29 is 5.11 Å². The first-order valence-corrected chi connectivity index (χ1v) is 4.40. The lowest BCUT2D eigenvalue weighted by Crippen LogP contribution is -2.41. The summed E-state index contributed by atoms with van der Waals surface area (Å²) in [5.41, 5.74) is 3.14. The minimum Gasteiger partial charge on any atom is -0.396 e. The lowest BCUT2D eigenvalue weighted by Gasteiger charge is -2.30. The molecule has 1 aliphatic heterocycles. The Labute approximate surface area is 68.4 Å². The van der Waals surface area contributed by atoms with Crippen molar-refractivity contribution in [3.63, 3.8) is 0 Å². The Hall–Kier alpha value is -0.120. The molecule has 0 aromatic carbocycles. The smallest absolute Gasteiger partial charge is 0.0433 e. The fourth-order valence-electron chi connectivity index (χ4n) is 1.63. The van der Waals surface area contributed by atoms with E-state index in [1.165, 1.54) is 12.8 Å². The van der Waals surface area contributed by atoms with Crippen LogP contribution in [-0.2, 0) is 0 Å². The van der Waals surface area contributed by atoms with Crippen molar-refractivity contribution in [2.24, 2.45) is 5.92 Å². The molecule has 1 heterocycles. The average molecular weight is 158 g/mol. The monoisotopic (exact) mass is 158 g/mol. The highest BCUT2D eigenvalue weighted by atomic mass is 16.3. The van der Waals surface area contributed by atoms with Crippen LogP contribution < -0.4 is 5.43 Å². The second-order valence-electron chi connectivity index (χ2n) is 3.17. The van der Waals surface area contributed by atoms with Gasteiger partial charge < -0.3 is 5.11 Å². The van der Waals surface area contributed by atoms with Crippen LogP contribution in [0.3, 0.4) is 0 Å². The Bertz CT molecular complexity index is 100. The number of hydrazine groups is 1. The number of rotatable bonds is 3. The molecule has 3 heteroatoms. The molecule has 1 saturated heterocycles. The van der Waals surface area contributed by atoms with Gasteiger partial charge in [-0.05, 0) is 32.2 Å². The van der Waals surface area contributed by atoms with E-state index in [-0.39, 0.29) is 0 Å². The highest BCUT2D eigenvalue weighted by Crippen LogP contribution is 2.18. The Morgan fingerprint density at radius 2 is 2.09 bits per heavy atom. The Morgan fingerprint density at radius 1 is 1.45 bits per heavy atom. The van der Waals surface area contributed by atoms with Crippen molar-refractivity contribution in [3.05, 3.63) is 0 Å². The van der Waals surface area contributed by atoms with Crippen LogP contribution in [0, 0.1) is 5.92 Å². The maximum Gasteiger partial charge on any atom is 0.0433 e. The summed E-state index contributed by atoms with van der Waals surface area (Å²) in [6.07, 6.45) is 3.43. The number of hydrogen-bond acceptors (Lipinski definition) is 3. The van der Waals surface area contributed by atoms with Gasteiger partial charge in [0, 0.05) is 19.7 Å². The summed E-state index contributed by atoms with van der Waals surface area (Å²) in [4.78, 5) is 0. The SMILES string of the molecule is CNN1CCC(CCO)CC1. The largest absolute Gasteiger partial charge is 0.396 e. The highest BCUT2D eigenvalue weighted by Gasteiger charge is 2.16. The molecular weight excluding hydrogens is 140 g/mol. The molecule has 0 amide bonds. The molecule has 2 N–H and O–H groups in total. The third kappa shape index (κ3) is 2.77.